The van der Waals surface area contributed by atoms with Crippen LogP contribution in [0.2, 0.25) is 0 Å². The Labute approximate surface area is 152 Å². The molecule has 2 amide bonds. The molecule has 0 saturated carbocycles. The lowest BCUT2D eigenvalue weighted by atomic mass is 9.79. The molecule has 3 unspecified atom stereocenters. The molecule has 2 N–H and O–H groups in total. The second-order valence-corrected chi connectivity index (χ2v) is 8.47. The zero-order valence-corrected chi connectivity index (χ0v) is 15.9. The molecule has 2 aliphatic heterocycles. The van der Waals surface area contributed by atoms with Crippen molar-refractivity contribution in [3.63, 3.8) is 0 Å². The molecule has 0 aliphatic carbocycles. The van der Waals surface area contributed by atoms with Crippen molar-refractivity contribution in [1.82, 2.24) is 15.5 Å². The highest BCUT2D eigenvalue weighted by molar-refractivity contribution is 5.74. The summed E-state index contributed by atoms with van der Waals surface area (Å²) < 4.78 is 0. The molecule has 3 rings (SSSR count). The fraction of sp³-hybridized carbons (Fsp3) is 0.667. The lowest BCUT2D eigenvalue weighted by molar-refractivity contribution is 0.178. The summed E-state index contributed by atoms with van der Waals surface area (Å²) in [5.74, 6) is 0. The average molecular weight is 344 g/mol. The minimum Gasteiger partial charge on any atom is -0.336 e. The Morgan fingerprint density at radius 1 is 1.20 bits per heavy atom. The van der Waals surface area contributed by atoms with Crippen molar-refractivity contribution in [3.05, 3.63) is 35.9 Å². The molecule has 3 atom stereocenters. The second-order valence-electron chi connectivity index (χ2n) is 8.47. The topological polar surface area (TPSA) is 44.4 Å². The maximum Gasteiger partial charge on any atom is 0.315 e. The molecule has 1 aromatic rings. The normalized spacial score (nSPS) is 25.2. The summed E-state index contributed by atoms with van der Waals surface area (Å²) in [5, 5.41) is 6.40. The smallest absolute Gasteiger partial charge is 0.315 e. The monoisotopic (exact) mass is 343 g/mol. The van der Waals surface area contributed by atoms with Crippen LogP contribution < -0.4 is 10.6 Å². The van der Waals surface area contributed by atoms with Crippen LogP contribution in [-0.2, 0) is 5.41 Å². The number of amides is 2. The summed E-state index contributed by atoms with van der Waals surface area (Å²) in [5.41, 5.74) is 1.36. The maximum atomic E-state index is 12.5. The van der Waals surface area contributed by atoms with E-state index in [1.54, 1.807) is 0 Å². The molecule has 4 nitrogen and oxygen atoms in total. The van der Waals surface area contributed by atoms with Crippen LogP contribution >= 0.6 is 0 Å². The SMILES string of the molecule is CC(CC(C)(C)c1ccccc1)NC(=O)NC1CCN2CCCCC12. The number of nitrogens with zero attached hydrogens (tertiary/aromatic N) is 1. The van der Waals surface area contributed by atoms with Gasteiger partial charge in [0, 0.05) is 24.7 Å². The van der Waals surface area contributed by atoms with Crippen LogP contribution in [0.1, 0.15) is 58.4 Å². The van der Waals surface area contributed by atoms with Gasteiger partial charge in [-0.25, -0.2) is 4.79 Å². The molecule has 4 heteroatoms. The lowest BCUT2D eigenvalue weighted by Gasteiger charge is -2.33. The van der Waals surface area contributed by atoms with Crippen molar-refractivity contribution in [3.8, 4) is 0 Å². The van der Waals surface area contributed by atoms with E-state index in [1.165, 1.54) is 31.4 Å². The summed E-state index contributed by atoms with van der Waals surface area (Å²) in [6.45, 7) is 8.93. The Hall–Kier alpha value is -1.55. The van der Waals surface area contributed by atoms with Crippen LogP contribution in [0, 0.1) is 0 Å². The van der Waals surface area contributed by atoms with E-state index in [4.69, 9.17) is 0 Å². The van der Waals surface area contributed by atoms with E-state index in [0.29, 0.717) is 12.1 Å². The fourth-order valence-corrected chi connectivity index (χ4v) is 4.67. The number of piperidine rings is 1. The number of urea groups is 1. The number of hydrogen-bond donors (Lipinski definition) is 2. The van der Waals surface area contributed by atoms with Crippen LogP contribution in [0.5, 0.6) is 0 Å². The van der Waals surface area contributed by atoms with E-state index in [-0.39, 0.29) is 17.5 Å². The van der Waals surface area contributed by atoms with E-state index in [1.807, 2.05) is 6.07 Å². The van der Waals surface area contributed by atoms with E-state index in [2.05, 4.69) is 60.6 Å². The highest BCUT2D eigenvalue weighted by atomic mass is 16.2. The summed E-state index contributed by atoms with van der Waals surface area (Å²) in [6, 6.07) is 11.5. The Morgan fingerprint density at radius 3 is 2.72 bits per heavy atom. The molecule has 2 heterocycles. The van der Waals surface area contributed by atoms with Gasteiger partial charge in [-0.3, -0.25) is 4.90 Å². The van der Waals surface area contributed by atoms with Gasteiger partial charge in [0.1, 0.15) is 0 Å². The van der Waals surface area contributed by atoms with Gasteiger partial charge in [-0.05, 0) is 50.1 Å². The highest BCUT2D eigenvalue weighted by Gasteiger charge is 2.36. The number of hydrogen-bond acceptors (Lipinski definition) is 2. The fourth-order valence-electron chi connectivity index (χ4n) is 4.67. The third kappa shape index (κ3) is 4.55. The van der Waals surface area contributed by atoms with E-state index in [9.17, 15) is 4.79 Å². The number of rotatable bonds is 5. The summed E-state index contributed by atoms with van der Waals surface area (Å²) in [7, 11) is 0. The van der Waals surface area contributed by atoms with Crippen molar-refractivity contribution in [2.45, 2.75) is 76.4 Å². The molecule has 2 saturated heterocycles. The molecule has 138 valence electrons. The second kappa shape index (κ2) is 7.77. The first-order valence-electron chi connectivity index (χ1n) is 9.82. The number of carbonyl (C=O) groups excluding carboxylic acids is 1. The van der Waals surface area contributed by atoms with Crippen LogP contribution in [0.3, 0.4) is 0 Å². The molecule has 0 radical (unpaired) electrons. The zero-order valence-electron chi connectivity index (χ0n) is 15.9. The van der Waals surface area contributed by atoms with Crippen LogP contribution in [0.4, 0.5) is 4.79 Å². The Balaban J connectivity index is 1.49. The van der Waals surface area contributed by atoms with Gasteiger partial charge >= 0.3 is 6.03 Å². The van der Waals surface area contributed by atoms with Gasteiger partial charge < -0.3 is 10.6 Å². The lowest BCUT2D eigenvalue weighted by Crippen LogP contribution is -2.51. The third-order valence-electron chi connectivity index (χ3n) is 5.92. The van der Waals surface area contributed by atoms with Crippen LogP contribution in [0.25, 0.3) is 0 Å². The highest BCUT2D eigenvalue weighted by Crippen LogP contribution is 2.29. The summed E-state index contributed by atoms with van der Waals surface area (Å²) >= 11 is 0. The van der Waals surface area contributed by atoms with Crippen molar-refractivity contribution < 1.29 is 4.79 Å². The number of carbonyl (C=O) groups is 1. The molecule has 0 bridgehead atoms. The molecule has 1 aromatic carbocycles. The first-order chi connectivity index (χ1) is 12.0. The Bertz CT molecular complexity index is 572. The van der Waals surface area contributed by atoms with E-state index in [0.717, 1.165) is 19.4 Å². The van der Waals surface area contributed by atoms with Gasteiger partial charge in [0.05, 0.1) is 0 Å². The third-order valence-corrected chi connectivity index (χ3v) is 5.92. The number of nitrogens with one attached hydrogen (secondary N) is 2. The Morgan fingerprint density at radius 2 is 1.96 bits per heavy atom. The van der Waals surface area contributed by atoms with Gasteiger partial charge in [-0.2, -0.15) is 0 Å². The van der Waals surface area contributed by atoms with E-state index >= 15 is 0 Å². The van der Waals surface area contributed by atoms with Crippen molar-refractivity contribution in [2.24, 2.45) is 0 Å². The van der Waals surface area contributed by atoms with Gasteiger partial charge in [0.25, 0.3) is 0 Å². The number of benzene rings is 1. The molecule has 25 heavy (non-hydrogen) atoms. The quantitative estimate of drug-likeness (QED) is 0.857. The first-order valence-corrected chi connectivity index (χ1v) is 9.82. The summed E-state index contributed by atoms with van der Waals surface area (Å²) in [6.07, 6.45) is 5.83. The number of fused-ring (bicyclic) bond motifs is 1. The van der Waals surface area contributed by atoms with Gasteiger partial charge in [-0.15, -0.1) is 0 Å². The van der Waals surface area contributed by atoms with Crippen molar-refractivity contribution in [2.75, 3.05) is 13.1 Å². The van der Waals surface area contributed by atoms with Crippen LogP contribution in [-0.4, -0.2) is 42.1 Å². The molecule has 2 fully saturated rings. The standard InChI is InChI=1S/C21H33N3O/c1-16(15-21(2,3)17-9-5-4-6-10-17)22-20(25)23-18-12-14-24-13-8-7-11-19(18)24/h4-6,9-10,16,18-19H,7-8,11-15H2,1-3H3,(H2,22,23,25). The predicted molar refractivity (Wildman–Crippen MR) is 103 cm³/mol. The molecular formula is C21H33N3O. The van der Waals surface area contributed by atoms with Gasteiger partial charge in [0.15, 0.2) is 0 Å². The Kier molecular flexibility index (Phi) is 5.67. The average Bonchev–Trinajstić information content (AvgIpc) is 2.98. The predicted octanol–water partition coefficient (Wildman–Crippen LogP) is 3.67. The van der Waals surface area contributed by atoms with Crippen molar-refractivity contribution >= 4 is 6.03 Å². The van der Waals surface area contributed by atoms with Gasteiger partial charge in [-0.1, -0.05) is 50.6 Å². The molecule has 0 spiro atoms. The van der Waals surface area contributed by atoms with E-state index < -0.39 is 0 Å². The van der Waals surface area contributed by atoms with Gasteiger partial charge in [0.2, 0.25) is 0 Å². The summed E-state index contributed by atoms with van der Waals surface area (Å²) in [4.78, 5) is 15.0. The molecule has 0 aromatic heterocycles. The minimum absolute atomic E-state index is 0.00575. The maximum absolute atomic E-state index is 12.5. The largest absolute Gasteiger partial charge is 0.336 e. The molecule has 2 aliphatic rings. The molecular weight excluding hydrogens is 310 g/mol. The minimum atomic E-state index is -0.00575. The first kappa shape index (κ1) is 18.2. The van der Waals surface area contributed by atoms with Crippen molar-refractivity contribution in [1.29, 1.82) is 0 Å². The van der Waals surface area contributed by atoms with Crippen LogP contribution in [0.15, 0.2) is 30.3 Å². The zero-order chi connectivity index (χ0) is 17.9.